The van der Waals surface area contributed by atoms with Crippen molar-refractivity contribution in [1.29, 1.82) is 0 Å². The summed E-state index contributed by atoms with van der Waals surface area (Å²) >= 11 is 0. The largest absolute Gasteiger partial charge is 0.353 e. The molecule has 0 atom stereocenters. The SMILES string of the molecule is O=C1C=C/C(=C(\c2ccccc2)c2ccc(-c3ccc(/C(=C4/C=CC(C(=O)c5ccccc5)=N4)c4ccccc4)[nH]3)[nH]2)N1. The predicted octanol–water partition coefficient (Wildman–Crippen LogP) is 7.11. The summed E-state index contributed by atoms with van der Waals surface area (Å²) in [5, 5.41) is 2.94. The molecule has 3 N–H and O–H groups in total. The fourth-order valence-electron chi connectivity index (χ4n) is 5.39. The van der Waals surface area contributed by atoms with Crippen molar-refractivity contribution in [3.05, 3.63) is 179 Å². The van der Waals surface area contributed by atoms with Crippen LogP contribution in [0.2, 0.25) is 0 Å². The molecule has 2 aliphatic heterocycles. The summed E-state index contributed by atoms with van der Waals surface area (Å²) in [7, 11) is 0. The first kappa shape index (κ1) is 25.9. The maximum absolute atomic E-state index is 13.1. The van der Waals surface area contributed by atoms with Gasteiger partial charge < -0.3 is 15.3 Å². The molecular formula is C37H26N4O2. The molecule has 0 saturated carbocycles. The number of hydrogen-bond acceptors (Lipinski definition) is 3. The zero-order valence-electron chi connectivity index (χ0n) is 23.0. The van der Waals surface area contributed by atoms with Gasteiger partial charge in [0, 0.05) is 34.2 Å². The summed E-state index contributed by atoms with van der Waals surface area (Å²) in [6.07, 6.45) is 7.02. The van der Waals surface area contributed by atoms with Crippen molar-refractivity contribution < 1.29 is 9.59 Å². The average molecular weight is 559 g/mol. The summed E-state index contributed by atoms with van der Waals surface area (Å²) in [6, 6.07) is 37.3. The van der Waals surface area contributed by atoms with Crippen LogP contribution in [-0.4, -0.2) is 27.4 Å². The summed E-state index contributed by atoms with van der Waals surface area (Å²) in [5.41, 5.74) is 9.82. The monoisotopic (exact) mass is 558 g/mol. The lowest BCUT2D eigenvalue weighted by Crippen LogP contribution is -2.15. The highest BCUT2D eigenvalue weighted by Crippen LogP contribution is 2.33. The van der Waals surface area contributed by atoms with Crippen LogP contribution in [0.15, 0.2) is 156 Å². The number of rotatable bonds is 7. The summed E-state index contributed by atoms with van der Waals surface area (Å²) in [4.78, 5) is 37.0. The number of nitrogens with one attached hydrogen (secondary N) is 3. The highest BCUT2D eigenvalue weighted by molar-refractivity contribution is 6.50. The van der Waals surface area contributed by atoms with Gasteiger partial charge in [0.05, 0.1) is 22.8 Å². The van der Waals surface area contributed by atoms with E-state index < -0.39 is 0 Å². The lowest BCUT2D eigenvalue weighted by atomic mass is 10.0. The molecule has 206 valence electrons. The van der Waals surface area contributed by atoms with Crippen molar-refractivity contribution in [3.63, 3.8) is 0 Å². The fraction of sp³-hybridized carbons (Fsp3) is 0. The Morgan fingerprint density at radius 3 is 1.63 bits per heavy atom. The van der Waals surface area contributed by atoms with Gasteiger partial charge in [0.25, 0.3) is 0 Å². The van der Waals surface area contributed by atoms with Gasteiger partial charge in [0.15, 0.2) is 0 Å². The Hall–Kier alpha value is -6.01. The normalized spacial score (nSPS) is 16.3. The van der Waals surface area contributed by atoms with Crippen LogP contribution in [0.4, 0.5) is 0 Å². The summed E-state index contributed by atoms with van der Waals surface area (Å²) < 4.78 is 0. The Bertz CT molecular complexity index is 2000. The van der Waals surface area contributed by atoms with Crippen molar-refractivity contribution in [2.24, 2.45) is 4.99 Å². The Balaban J connectivity index is 1.27. The number of allylic oxidation sites excluding steroid dienone is 3. The predicted molar refractivity (Wildman–Crippen MR) is 170 cm³/mol. The van der Waals surface area contributed by atoms with E-state index in [9.17, 15) is 9.59 Å². The number of hydrogen-bond donors (Lipinski definition) is 3. The van der Waals surface area contributed by atoms with Crippen molar-refractivity contribution in [1.82, 2.24) is 15.3 Å². The van der Waals surface area contributed by atoms with Crippen molar-refractivity contribution in [2.75, 3.05) is 0 Å². The number of benzene rings is 3. The second-order valence-corrected chi connectivity index (χ2v) is 10.2. The molecule has 43 heavy (non-hydrogen) atoms. The van der Waals surface area contributed by atoms with E-state index in [0.717, 1.165) is 50.7 Å². The minimum absolute atomic E-state index is 0.109. The molecule has 0 aliphatic carbocycles. The quantitative estimate of drug-likeness (QED) is 0.186. The van der Waals surface area contributed by atoms with E-state index in [1.54, 1.807) is 18.2 Å². The Morgan fingerprint density at radius 1 is 0.535 bits per heavy atom. The molecule has 0 fully saturated rings. The molecule has 0 radical (unpaired) electrons. The molecule has 0 spiro atoms. The van der Waals surface area contributed by atoms with Crippen molar-refractivity contribution in [2.45, 2.75) is 0 Å². The third-order valence-corrected chi connectivity index (χ3v) is 7.42. The number of ketones is 1. The number of H-pyrrole nitrogens is 2. The second-order valence-electron chi connectivity index (χ2n) is 10.2. The first-order chi connectivity index (χ1) is 21.1. The molecule has 0 saturated heterocycles. The van der Waals surface area contributed by atoms with Gasteiger partial charge in [0.2, 0.25) is 11.7 Å². The Kier molecular flexibility index (Phi) is 6.70. The van der Waals surface area contributed by atoms with Crippen LogP contribution in [0.5, 0.6) is 0 Å². The summed E-state index contributed by atoms with van der Waals surface area (Å²) in [6.45, 7) is 0. The Morgan fingerprint density at radius 2 is 1.07 bits per heavy atom. The lowest BCUT2D eigenvalue weighted by Gasteiger charge is -2.10. The van der Waals surface area contributed by atoms with Crippen LogP contribution < -0.4 is 5.32 Å². The van der Waals surface area contributed by atoms with Crippen LogP contribution in [0.1, 0.15) is 32.9 Å². The van der Waals surface area contributed by atoms with Crippen molar-refractivity contribution >= 4 is 28.5 Å². The van der Waals surface area contributed by atoms with E-state index in [-0.39, 0.29) is 11.7 Å². The smallest absolute Gasteiger partial charge is 0.248 e. The molecule has 1 amide bonds. The lowest BCUT2D eigenvalue weighted by molar-refractivity contribution is -0.115. The topological polar surface area (TPSA) is 90.1 Å². The molecule has 4 heterocycles. The number of aromatic amines is 2. The fourth-order valence-corrected chi connectivity index (χ4v) is 5.39. The molecular weight excluding hydrogens is 532 g/mol. The average Bonchev–Trinajstić information content (AvgIpc) is 3.88. The van der Waals surface area contributed by atoms with Gasteiger partial charge in [-0.25, -0.2) is 4.99 Å². The number of nitrogens with zero attached hydrogens (tertiary/aromatic N) is 1. The molecule has 7 rings (SSSR count). The maximum Gasteiger partial charge on any atom is 0.248 e. The van der Waals surface area contributed by atoms with Crippen LogP contribution in [0.3, 0.4) is 0 Å². The molecule has 0 unspecified atom stereocenters. The maximum atomic E-state index is 13.1. The van der Waals surface area contributed by atoms with E-state index in [2.05, 4.69) is 15.3 Å². The second kappa shape index (κ2) is 11.1. The number of carbonyl (C=O) groups is 2. The molecule has 2 aromatic heterocycles. The van der Waals surface area contributed by atoms with Crippen LogP contribution >= 0.6 is 0 Å². The van der Waals surface area contributed by atoms with Gasteiger partial charge in [0.1, 0.15) is 5.71 Å². The van der Waals surface area contributed by atoms with Gasteiger partial charge in [-0.2, -0.15) is 0 Å². The summed E-state index contributed by atoms with van der Waals surface area (Å²) in [5.74, 6) is -0.245. The van der Waals surface area contributed by atoms with Gasteiger partial charge in [-0.3, -0.25) is 9.59 Å². The van der Waals surface area contributed by atoms with Crippen LogP contribution in [-0.2, 0) is 4.79 Å². The molecule has 2 aliphatic rings. The number of amides is 1. The number of aromatic nitrogens is 2. The zero-order chi connectivity index (χ0) is 29.2. The first-order valence-corrected chi connectivity index (χ1v) is 14.0. The van der Waals surface area contributed by atoms with E-state index in [1.165, 1.54) is 6.08 Å². The van der Waals surface area contributed by atoms with Gasteiger partial charge in [-0.05, 0) is 53.6 Å². The molecule has 3 aromatic carbocycles. The first-order valence-electron chi connectivity index (χ1n) is 14.0. The number of aliphatic imine (C=N–C) groups is 1. The van der Waals surface area contributed by atoms with E-state index in [4.69, 9.17) is 4.99 Å². The van der Waals surface area contributed by atoms with Gasteiger partial charge in [-0.1, -0.05) is 91.0 Å². The standard InChI is InChI=1S/C37H26N4O2/c42-34-23-22-32(41-34)36(25-12-6-2-7-13-25)30-19-17-28(39-30)27-16-18-29(38-27)35(24-10-4-1-5-11-24)31-20-21-33(40-31)37(43)26-14-8-3-9-15-26/h1-23,38-39H,(H,41,42)/b35-31-,36-32-. The van der Waals surface area contributed by atoms with Crippen LogP contribution in [0, 0.1) is 0 Å². The third-order valence-electron chi connectivity index (χ3n) is 7.42. The van der Waals surface area contributed by atoms with Crippen LogP contribution in [0.25, 0.3) is 22.5 Å². The van der Waals surface area contributed by atoms with E-state index >= 15 is 0 Å². The molecule has 0 bridgehead atoms. The molecule has 5 aromatic rings. The number of carbonyl (C=O) groups excluding carboxylic acids is 2. The van der Waals surface area contributed by atoms with Crippen molar-refractivity contribution in [3.8, 4) is 11.4 Å². The Labute approximate surface area is 248 Å². The highest BCUT2D eigenvalue weighted by atomic mass is 16.1. The van der Waals surface area contributed by atoms with E-state index in [1.807, 2.05) is 115 Å². The third kappa shape index (κ3) is 5.13. The minimum Gasteiger partial charge on any atom is -0.353 e. The molecule has 6 nitrogen and oxygen atoms in total. The number of Topliss-reactive ketones (excluding diaryl/α,β-unsaturated/α-hetero) is 1. The minimum atomic E-state index is -0.136. The molecule has 6 heteroatoms. The highest BCUT2D eigenvalue weighted by Gasteiger charge is 2.21. The van der Waals surface area contributed by atoms with Gasteiger partial charge in [-0.15, -0.1) is 0 Å². The van der Waals surface area contributed by atoms with E-state index in [0.29, 0.717) is 17.0 Å². The zero-order valence-corrected chi connectivity index (χ0v) is 23.0. The van der Waals surface area contributed by atoms with Gasteiger partial charge >= 0.3 is 0 Å².